The molecule has 3 amide bonds. The number of methoxy groups -OCH3 is 2. The Morgan fingerprint density at radius 2 is 1.75 bits per heavy atom. The van der Waals surface area contributed by atoms with Gasteiger partial charge in [-0.1, -0.05) is 33.3 Å². The molecular weight excluding hydrogens is 588 g/mol. The molecule has 2 aromatic rings. The zero-order chi connectivity index (χ0) is 32.3. The Labute approximate surface area is 259 Å². The summed E-state index contributed by atoms with van der Waals surface area (Å²) in [4.78, 5) is 39.5. The standard InChI is InChI=1S/C31H44N4O8S/c1-6-7-17-44(39,40)35-16-9-8-15-32-30(37)22-13-14-26(42-5)27(18-22)43-25-12-10-11-24(41-4)23(25)19-33-31(38)29(21(2)3)34-28(36)20-35/h10-14,18,21,29H,6-9,15-17,19-20H2,1-5H3,(H,32,37)(H,33,38)(H,34,36)/t29-/m1/s1. The van der Waals surface area contributed by atoms with Gasteiger partial charge in [0.25, 0.3) is 5.91 Å². The first-order chi connectivity index (χ1) is 21.0. The van der Waals surface area contributed by atoms with Crippen LogP contribution in [0.1, 0.15) is 62.4 Å². The second-order valence-corrected chi connectivity index (χ2v) is 13.0. The maximum absolute atomic E-state index is 13.4. The lowest BCUT2D eigenvalue weighted by Gasteiger charge is -2.26. The Balaban J connectivity index is 1.99. The van der Waals surface area contributed by atoms with Crippen LogP contribution in [0.25, 0.3) is 0 Å². The van der Waals surface area contributed by atoms with E-state index >= 15 is 0 Å². The number of rotatable bonds is 7. The van der Waals surface area contributed by atoms with Gasteiger partial charge >= 0.3 is 0 Å². The van der Waals surface area contributed by atoms with E-state index in [1.54, 1.807) is 50.2 Å². The molecule has 1 atom stereocenters. The molecule has 1 aliphatic heterocycles. The lowest BCUT2D eigenvalue weighted by Crippen LogP contribution is -2.52. The van der Waals surface area contributed by atoms with Crippen molar-refractivity contribution in [2.45, 2.75) is 59.0 Å². The lowest BCUT2D eigenvalue weighted by atomic mass is 10.0. The number of hydrogen-bond acceptors (Lipinski definition) is 8. The number of amides is 3. The van der Waals surface area contributed by atoms with Crippen molar-refractivity contribution >= 4 is 27.7 Å². The quantitative estimate of drug-likeness (QED) is 0.421. The summed E-state index contributed by atoms with van der Waals surface area (Å²) in [5, 5.41) is 8.45. The van der Waals surface area contributed by atoms with Crippen LogP contribution in [0.5, 0.6) is 23.0 Å². The van der Waals surface area contributed by atoms with Crippen LogP contribution in [-0.2, 0) is 26.2 Å². The van der Waals surface area contributed by atoms with Crippen LogP contribution < -0.4 is 30.2 Å². The van der Waals surface area contributed by atoms with Crippen molar-refractivity contribution < 1.29 is 37.0 Å². The third-order valence-corrected chi connectivity index (χ3v) is 9.15. The molecule has 1 aliphatic rings. The average molecular weight is 633 g/mol. The highest BCUT2D eigenvalue weighted by atomic mass is 32.2. The summed E-state index contributed by atoms with van der Waals surface area (Å²) in [5.74, 6) is -0.217. The van der Waals surface area contributed by atoms with Gasteiger partial charge in [-0.05, 0) is 55.5 Å². The predicted molar refractivity (Wildman–Crippen MR) is 167 cm³/mol. The highest BCUT2D eigenvalue weighted by Gasteiger charge is 2.29. The molecule has 3 N–H and O–H groups in total. The van der Waals surface area contributed by atoms with Gasteiger partial charge in [-0.3, -0.25) is 14.4 Å². The van der Waals surface area contributed by atoms with Gasteiger partial charge in [-0.2, -0.15) is 4.31 Å². The molecule has 2 aromatic carbocycles. The van der Waals surface area contributed by atoms with Crippen LogP contribution in [0, 0.1) is 5.92 Å². The lowest BCUT2D eigenvalue weighted by molar-refractivity contribution is -0.130. The number of nitrogens with zero attached hydrogens (tertiary/aromatic N) is 1. The molecule has 44 heavy (non-hydrogen) atoms. The van der Waals surface area contributed by atoms with Crippen LogP contribution in [0.15, 0.2) is 36.4 Å². The maximum atomic E-state index is 13.4. The summed E-state index contributed by atoms with van der Waals surface area (Å²) >= 11 is 0. The smallest absolute Gasteiger partial charge is 0.251 e. The number of unbranched alkanes of at least 4 members (excludes halogenated alkanes) is 1. The second-order valence-electron chi connectivity index (χ2n) is 10.9. The first-order valence-electron chi connectivity index (χ1n) is 14.9. The number of benzene rings is 2. The third-order valence-electron chi connectivity index (χ3n) is 7.25. The van der Waals surface area contributed by atoms with Gasteiger partial charge in [0, 0.05) is 18.7 Å². The monoisotopic (exact) mass is 632 g/mol. The molecule has 0 spiro atoms. The first kappa shape index (κ1) is 34.6. The van der Waals surface area contributed by atoms with E-state index in [1.807, 2.05) is 6.92 Å². The van der Waals surface area contributed by atoms with Crippen LogP contribution in [0.3, 0.4) is 0 Å². The molecule has 0 aliphatic carbocycles. The van der Waals surface area contributed by atoms with Gasteiger partial charge in [0.15, 0.2) is 11.5 Å². The number of carbonyl (C=O) groups is 3. The van der Waals surface area contributed by atoms with Crippen molar-refractivity contribution in [1.29, 1.82) is 0 Å². The fraction of sp³-hybridized carbons (Fsp3) is 0.516. The third kappa shape index (κ3) is 9.33. The molecule has 0 saturated carbocycles. The highest BCUT2D eigenvalue weighted by molar-refractivity contribution is 7.89. The fourth-order valence-corrected chi connectivity index (χ4v) is 6.34. The summed E-state index contributed by atoms with van der Waals surface area (Å²) in [6.07, 6.45) is 2.05. The van der Waals surface area contributed by atoms with E-state index in [9.17, 15) is 22.8 Å². The molecule has 0 fully saturated rings. The molecule has 0 aromatic heterocycles. The number of nitrogens with one attached hydrogen (secondary N) is 3. The largest absolute Gasteiger partial charge is 0.496 e. The number of ether oxygens (including phenoxy) is 3. The molecular formula is C31H44N4O8S. The zero-order valence-corrected chi connectivity index (χ0v) is 26.9. The summed E-state index contributed by atoms with van der Waals surface area (Å²) in [5.41, 5.74) is 0.866. The molecule has 0 unspecified atom stereocenters. The van der Waals surface area contributed by atoms with Crippen molar-refractivity contribution in [3.63, 3.8) is 0 Å². The second kappa shape index (κ2) is 16.3. The van der Waals surface area contributed by atoms with E-state index in [1.165, 1.54) is 18.5 Å². The molecule has 12 nitrogen and oxygen atoms in total. The Morgan fingerprint density at radius 1 is 1.00 bits per heavy atom. The fourth-order valence-electron chi connectivity index (χ4n) is 4.71. The molecule has 3 rings (SSSR count). The SMILES string of the molecule is CCCCS(=O)(=O)N1CCCCNC(=O)c2ccc(OC)c(c2)Oc2cccc(OC)c2CNC(=O)[C@@H](C(C)C)NC(=O)C1. The molecule has 13 heteroatoms. The van der Waals surface area contributed by atoms with E-state index in [4.69, 9.17) is 14.2 Å². The molecule has 1 heterocycles. The van der Waals surface area contributed by atoms with Crippen molar-refractivity contribution in [1.82, 2.24) is 20.3 Å². The normalized spacial score (nSPS) is 17.9. The molecule has 0 saturated heterocycles. The van der Waals surface area contributed by atoms with Crippen LogP contribution in [-0.4, -0.2) is 76.1 Å². The van der Waals surface area contributed by atoms with E-state index in [2.05, 4.69) is 16.0 Å². The Kier molecular flexibility index (Phi) is 12.8. The van der Waals surface area contributed by atoms with Crippen LogP contribution in [0.2, 0.25) is 0 Å². The summed E-state index contributed by atoms with van der Waals surface area (Å²) in [6, 6.07) is 9.07. The van der Waals surface area contributed by atoms with Gasteiger partial charge in [-0.15, -0.1) is 0 Å². The number of fused-ring (bicyclic) bond motifs is 3. The zero-order valence-electron chi connectivity index (χ0n) is 26.1. The van der Waals surface area contributed by atoms with Crippen molar-refractivity contribution in [3.05, 3.63) is 47.5 Å². The summed E-state index contributed by atoms with van der Waals surface area (Å²) < 4.78 is 44.6. The van der Waals surface area contributed by atoms with E-state index in [0.717, 1.165) is 0 Å². The highest BCUT2D eigenvalue weighted by Crippen LogP contribution is 2.37. The topological polar surface area (TPSA) is 152 Å². The number of carbonyl (C=O) groups excluding carboxylic acids is 3. The van der Waals surface area contributed by atoms with Crippen LogP contribution >= 0.6 is 0 Å². The van der Waals surface area contributed by atoms with Gasteiger partial charge in [0.2, 0.25) is 21.8 Å². The van der Waals surface area contributed by atoms with Gasteiger partial charge in [-0.25, -0.2) is 8.42 Å². The molecule has 0 radical (unpaired) electrons. The van der Waals surface area contributed by atoms with Crippen molar-refractivity contribution in [2.75, 3.05) is 39.6 Å². The van der Waals surface area contributed by atoms with Crippen molar-refractivity contribution in [2.24, 2.45) is 5.92 Å². The minimum Gasteiger partial charge on any atom is -0.496 e. The first-order valence-corrected chi connectivity index (χ1v) is 16.5. The van der Waals surface area contributed by atoms with Gasteiger partial charge < -0.3 is 30.2 Å². The average Bonchev–Trinajstić information content (AvgIpc) is 3.00. The van der Waals surface area contributed by atoms with E-state index < -0.39 is 34.4 Å². The molecule has 242 valence electrons. The Bertz CT molecular complexity index is 1410. The molecule has 2 bridgehead atoms. The van der Waals surface area contributed by atoms with Gasteiger partial charge in [0.05, 0.1) is 38.6 Å². The predicted octanol–water partition coefficient (Wildman–Crippen LogP) is 3.21. The Hall–Kier alpha value is -3.84. The van der Waals surface area contributed by atoms with Gasteiger partial charge in [0.1, 0.15) is 17.5 Å². The minimum atomic E-state index is -3.72. The summed E-state index contributed by atoms with van der Waals surface area (Å²) in [6.45, 7) is 5.47. The Morgan fingerprint density at radius 3 is 2.43 bits per heavy atom. The minimum absolute atomic E-state index is 0.00269. The number of sulfonamides is 1. The maximum Gasteiger partial charge on any atom is 0.251 e. The van der Waals surface area contributed by atoms with E-state index in [-0.39, 0.29) is 36.4 Å². The number of hydrogen-bond donors (Lipinski definition) is 3. The van der Waals surface area contributed by atoms with E-state index in [0.29, 0.717) is 60.6 Å². The summed E-state index contributed by atoms with van der Waals surface area (Å²) in [7, 11) is -0.728. The van der Waals surface area contributed by atoms with Crippen LogP contribution in [0.4, 0.5) is 0 Å². The van der Waals surface area contributed by atoms with Crippen molar-refractivity contribution in [3.8, 4) is 23.0 Å².